The summed E-state index contributed by atoms with van der Waals surface area (Å²) in [4.78, 5) is 9.46. The summed E-state index contributed by atoms with van der Waals surface area (Å²) in [6, 6.07) is 20.1. The van der Waals surface area contributed by atoms with Gasteiger partial charge in [-0.2, -0.15) is 0 Å². The largest absolute Gasteiger partial charge is 0.380 e. The molecule has 0 atom stereocenters. The average Bonchev–Trinajstić information content (AvgIpc) is 2.70. The summed E-state index contributed by atoms with van der Waals surface area (Å²) in [7, 11) is 0. The van der Waals surface area contributed by atoms with E-state index in [4.69, 9.17) is 20.2 Å². The number of ether oxygens (including phenoxy) is 2. The molecule has 0 aliphatic carbocycles. The lowest BCUT2D eigenvalue weighted by atomic mass is 9.99. The molecular weight excluding hydrogens is 326 g/mol. The first-order valence-corrected chi connectivity index (χ1v) is 8.92. The molecule has 0 unspecified atom stereocenters. The molecule has 2 aromatic carbocycles. The number of nitrogens with two attached hydrogens (primary N) is 1. The molecule has 138 valence electrons. The molecule has 26 heavy (non-hydrogen) atoms. The van der Waals surface area contributed by atoms with Gasteiger partial charge in [0.15, 0.2) is 0 Å². The molecule has 5 nitrogen and oxygen atoms in total. The Morgan fingerprint density at radius 3 is 1.92 bits per heavy atom. The molecule has 2 rings (SSSR count). The van der Waals surface area contributed by atoms with Crippen LogP contribution in [0.4, 0.5) is 0 Å². The quantitative estimate of drug-likeness (QED) is 0.499. The van der Waals surface area contributed by atoms with Crippen molar-refractivity contribution in [3.05, 3.63) is 71.8 Å². The van der Waals surface area contributed by atoms with E-state index >= 15 is 0 Å². The van der Waals surface area contributed by atoms with Crippen LogP contribution in [0.5, 0.6) is 0 Å². The summed E-state index contributed by atoms with van der Waals surface area (Å²) in [5.41, 5.74) is 9.16. The predicted molar refractivity (Wildman–Crippen MR) is 107 cm³/mol. The van der Waals surface area contributed by atoms with Crippen LogP contribution in [0.15, 0.2) is 70.6 Å². The normalized spacial score (nSPS) is 12.4. The number of aliphatic imine (C=N–C) groups is 2. The van der Waals surface area contributed by atoms with Gasteiger partial charge in [-0.1, -0.05) is 60.7 Å². The molecule has 2 aromatic rings. The Bertz CT molecular complexity index is 623. The number of hydrogen-bond acceptors (Lipinski definition) is 5. The Morgan fingerprint density at radius 2 is 1.38 bits per heavy atom. The highest BCUT2D eigenvalue weighted by Crippen LogP contribution is 2.11. The minimum atomic E-state index is 0.249. The smallest absolute Gasteiger partial charge is 0.138 e. The maximum absolute atomic E-state index is 5.49. The summed E-state index contributed by atoms with van der Waals surface area (Å²) in [5.74, 6) is 0. The topological polar surface area (TPSA) is 69.2 Å². The second-order valence-electron chi connectivity index (χ2n) is 5.49. The van der Waals surface area contributed by atoms with Crippen LogP contribution in [0, 0.1) is 0 Å². The van der Waals surface area contributed by atoms with Gasteiger partial charge in [0.1, 0.15) is 6.73 Å². The monoisotopic (exact) mass is 353 g/mol. The Balaban J connectivity index is 2.36. The van der Waals surface area contributed by atoms with Gasteiger partial charge < -0.3 is 15.2 Å². The van der Waals surface area contributed by atoms with Crippen LogP contribution in [0.2, 0.25) is 0 Å². The van der Waals surface area contributed by atoms with E-state index in [-0.39, 0.29) is 6.73 Å². The molecule has 0 spiro atoms. The molecule has 0 aliphatic heterocycles. The third-order valence-corrected chi connectivity index (χ3v) is 3.60. The zero-order valence-corrected chi connectivity index (χ0v) is 15.3. The second-order valence-corrected chi connectivity index (χ2v) is 5.49. The molecule has 0 saturated carbocycles. The maximum atomic E-state index is 5.49. The van der Waals surface area contributed by atoms with Crippen LogP contribution in [0.25, 0.3) is 0 Å². The van der Waals surface area contributed by atoms with E-state index in [1.807, 2.05) is 67.6 Å². The standard InChI is InChI=1S/C21H27N3O2/c1-2-25-16-14-23-20(18-9-5-3-6-10-18)21(24-17-26-15-13-22)19-11-7-4-8-12-19/h3-12H,2,13-17,22H2,1H3. The molecule has 0 fully saturated rings. The van der Waals surface area contributed by atoms with Gasteiger partial charge >= 0.3 is 0 Å². The van der Waals surface area contributed by atoms with Crippen molar-refractivity contribution in [3.63, 3.8) is 0 Å². The van der Waals surface area contributed by atoms with Crippen molar-refractivity contribution in [2.75, 3.05) is 39.6 Å². The van der Waals surface area contributed by atoms with Crippen molar-refractivity contribution in [1.82, 2.24) is 0 Å². The summed E-state index contributed by atoms with van der Waals surface area (Å²) in [6.07, 6.45) is 0. The van der Waals surface area contributed by atoms with Crippen LogP contribution in [0.1, 0.15) is 18.1 Å². The number of nitrogens with zero attached hydrogens (tertiary/aromatic N) is 2. The Labute approximate surface area is 155 Å². The fourth-order valence-corrected chi connectivity index (χ4v) is 2.42. The van der Waals surface area contributed by atoms with Crippen LogP contribution in [-0.2, 0) is 9.47 Å². The number of rotatable bonds is 11. The van der Waals surface area contributed by atoms with E-state index in [9.17, 15) is 0 Å². The van der Waals surface area contributed by atoms with Gasteiger partial charge in [-0.3, -0.25) is 9.98 Å². The molecule has 0 aliphatic rings. The highest BCUT2D eigenvalue weighted by Gasteiger charge is 2.14. The molecule has 0 amide bonds. The molecule has 0 saturated heterocycles. The van der Waals surface area contributed by atoms with E-state index in [1.54, 1.807) is 0 Å². The Hall–Kier alpha value is -2.34. The van der Waals surface area contributed by atoms with Crippen molar-refractivity contribution >= 4 is 11.4 Å². The first kappa shape index (κ1) is 20.0. The van der Waals surface area contributed by atoms with Crippen LogP contribution < -0.4 is 5.73 Å². The van der Waals surface area contributed by atoms with Crippen LogP contribution in [0.3, 0.4) is 0 Å². The fourth-order valence-electron chi connectivity index (χ4n) is 2.42. The minimum Gasteiger partial charge on any atom is -0.380 e. The lowest BCUT2D eigenvalue weighted by molar-refractivity contribution is 0.150. The van der Waals surface area contributed by atoms with Gasteiger partial charge in [-0.05, 0) is 6.92 Å². The molecule has 0 aromatic heterocycles. The van der Waals surface area contributed by atoms with Crippen molar-refractivity contribution in [2.45, 2.75) is 6.92 Å². The van der Waals surface area contributed by atoms with E-state index < -0.39 is 0 Å². The van der Waals surface area contributed by atoms with E-state index in [0.717, 1.165) is 22.6 Å². The van der Waals surface area contributed by atoms with Crippen molar-refractivity contribution in [2.24, 2.45) is 15.7 Å². The van der Waals surface area contributed by atoms with Gasteiger partial charge in [-0.15, -0.1) is 0 Å². The van der Waals surface area contributed by atoms with E-state index in [0.29, 0.717) is 32.9 Å². The summed E-state index contributed by atoms with van der Waals surface area (Å²) < 4.78 is 10.9. The van der Waals surface area contributed by atoms with Gasteiger partial charge in [0.25, 0.3) is 0 Å². The summed E-state index contributed by atoms with van der Waals surface area (Å²) in [5, 5.41) is 0. The maximum Gasteiger partial charge on any atom is 0.138 e. The van der Waals surface area contributed by atoms with E-state index in [2.05, 4.69) is 4.99 Å². The molecule has 0 radical (unpaired) electrons. The zero-order valence-electron chi connectivity index (χ0n) is 15.3. The van der Waals surface area contributed by atoms with Crippen LogP contribution >= 0.6 is 0 Å². The molecule has 5 heteroatoms. The predicted octanol–water partition coefficient (Wildman–Crippen LogP) is 2.93. The number of benzene rings is 2. The number of hydrogen-bond donors (Lipinski definition) is 1. The minimum absolute atomic E-state index is 0.249. The highest BCUT2D eigenvalue weighted by atomic mass is 16.5. The highest BCUT2D eigenvalue weighted by molar-refractivity contribution is 6.53. The molecule has 2 N–H and O–H groups in total. The average molecular weight is 353 g/mol. The van der Waals surface area contributed by atoms with Crippen molar-refractivity contribution in [3.8, 4) is 0 Å². The van der Waals surface area contributed by atoms with Gasteiger partial charge in [0.05, 0.1) is 31.2 Å². The SMILES string of the molecule is CCOCCN=C(C(=NCOCCN)c1ccccc1)c1ccccc1. The lowest BCUT2D eigenvalue weighted by Gasteiger charge is -2.12. The first-order chi connectivity index (χ1) is 12.9. The summed E-state index contributed by atoms with van der Waals surface area (Å²) >= 11 is 0. The van der Waals surface area contributed by atoms with Crippen molar-refractivity contribution < 1.29 is 9.47 Å². The third-order valence-electron chi connectivity index (χ3n) is 3.60. The second kappa shape index (κ2) is 12.1. The van der Waals surface area contributed by atoms with E-state index in [1.165, 1.54) is 0 Å². The first-order valence-electron chi connectivity index (χ1n) is 8.92. The van der Waals surface area contributed by atoms with Gasteiger partial charge in [0.2, 0.25) is 0 Å². The molecular formula is C21H27N3O2. The zero-order chi connectivity index (χ0) is 18.5. The fraction of sp³-hybridized carbons (Fsp3) is 0.333. The summed E-state index contributed by atoms with van der Waals surface area (Å²) in [6.45, 7) is 5.03. The lowest BCUT2D eigenvalue weighted by Crippen LogP contribution is -2.20. The Kier molecular flexibility index (Phi) is 9.29. The van der Waals surface area contributed by atoms with Crippen LogP contribution in [-0.4, -0.2) is 51.1 Å². The Morgan fingerprint density at radius 1 is 0.808 bits per heavy atom. The molecule has 0 heterocycles. The van der Waals surface area contributed by atoms with Crippen molar-refractivity contribution in [1.29, 1.82) is 0 Å². The third kappa shape index (κ3) is 6.52. The molecule has 0 bridgehead atoms. The van der Waals surface area contributed by atoms with Gasteiger partial charge in [0, 0.05) is 24.3 Å². The van der Waals surface area contributed by atoms with Gasteiger partial charge in [-0.25, -0.2) is 0 Å².